The zero-order valence-corrected chi connectivity index (χ0v) is 12.4. The maximum absolute atomic E-state index is 5.68. The molecular formula is C15H25NO4. The SMILES string of the molecule is COc1cccc(OC)c1OCCOCCCCCN. The molecule has 2 N–H and O–H groups in total. The first kappa shape index (κ1) is 16.6. The van der Waals surface area contributed by atoms with Gasteiger partial charge in [0.15, 0.2) is 11.5 Å². The minimum absolute atomic E-state index is 0.466. The lowest BCUT2D eigenvalue weighted by Crippen LogP contribution is -2.09. The summed E-state index contributed by atoms with van der Waals surface area (Å²) in [4.78, 5) is 0. The molecule has 20 heavy (non-hydrogen) atoms. The summed E-state index contributed by atoms with van der Waals surface area (Å²) in [5.41, 5.74) is 5.43. The zero-order chi connectivity index (χ0) is 14.6. The summed E-state index contributed by atoms with van der Waals surface area (Å²) < 4.78 is 21.7. The van der Waals surface area contributed by atoms with E-state index in [-0.39, 0.29) is 0 Å². The number of para-hydroxylation sites is 1. The second-order valence-electron chi connectivity index (χ2n) is 4.30. The average Bonchev–Trinajstić information content (AvgIpc) is 2.49. The van der Waals surface area contributed by atoms with Crippen LogP contribution in [0, 0.1) is 0 Å². The van der Waals surface area contributed by atoms with Crippen molar-refractivity contribution < 1.29 is 18.9 Å². The molecule has 114 valence electrons. The van der Waals surface area contributed by atoms with Crippen molar-refractivity contribution in [1.29, 1.82) is 0 Å². The van der Waals surface area contributed by atoms with Gasteiger partial charge in [-0.3, -0.25) is 0 Å². The first-order valence-electron chi connectivity index (χ1n) is 6.95. The van der Waals surface area contributed by atoms with E-state index >= 15 is 0 Å². The molecule has 0 aromatic heterocycles. The van der Waals surface area contributed by atoms with Crippen molar-refractivity contribution >= 4 is 0 Å². The maximum atomic E-state index is 5.68. The second-order valence-corrected chi connectivity index (χ2v) is 4.30. The lowest BCUT2D eigenvalue weighted by molar-refractivity contribution is 0.0951. The van der Waals surface area contributed by atoms with Gasteiger partial charge in [0.2, 0.25) is 5.75 Å². The Morgan fingerprint density at radius 2 is 1.60 bits per heavy atom. The molecule has 0 amide bonds. The predicted molar refractivity (Wildman–Crippen MR) is 78.8 cm³/mol. The highest BCUT2D eigenvalue weighted by molar-refractivity contribution is 5.51. The molecule has 1 aromatic rings. The predicted octanol–water partition coefficient (Wildman–Crippen LogP) is 2.23. The van der Waals surface area contributed by atoms with Crippen molar-refractivity contribution in [2.75, 3.05) is 40.6 Å². The molecule has 0 spiro atoms. The first-order chi connectivity index (χ1) is 9.83. The van der Waals surface area contributed by atoms with Crippen LogP contribution < -0.4 is 19.9 Å². The number of nitrogens with two attached hydrogens (primary N) is 1. The van der Waals surface area contributed by atoms with Crippen LogP contribution in [0.15, 0.2) is 18.2 Å². The number of rotatable bonds is 11. The molecule has 0 heterocycles. The number of hydrogen-bond donors (Lipinski definition) is 1. The van der Waals surface area contributed by atoms with Gasteiger partial charge < -0.3 is 24.7 Å². The van der Waals surface area contributed by atoms with Gasteiger partial charge in [-0.25, -0.2) is 0 Å². The molecule has 0 aliphatic carbocycles. The molecule has 0 atom stereocenters. The van der Waals surface area contributed by atoms with Crippen molar-refractivity contribution in [3.63, 3.8) is 0 Å². The van der Waals surface area contributed by atoms with Gasteiger partial charge in [-0.1, -0.05) is 6.07 Å². The minimum atomic E-state index is 0.466. The molecule has 5 nitrogen and oxygen atoms in total. The largest absolute Gasteiger partial charge is 0.493 e. The zero-order valence-electron chi connectivity index (χ0n) is 12.4. The highest BCUT2D eigenvalue weighted by Gasteiger charge is 2.10. The van der Waals surface area contributed by atoms with E-state index in [1.165, 1.54) is 0 Å². The van der Waals surface area contributed by atoms with Gasteiger partial charge in [-0.2, -0.15) is 0 Å². The Labute approximate surface area is 121 Å². The van der Waals surface area contributed by atoms with Crippen molar-refractivity contribution in [2.24, 2.45) is 5.73 Å². The van der Waals surface area contributed by atoms with Gasteiger partial charge in [0.1, 0.15) is 6.61 Å². The van der Waals surface area contributed by atoms with Crippen molar-refractivity contribution in [2.45, 2.75) is 19.3 Å². The summed E-state index contributed by atoms with van der Waals surface area (Å²) in [6, 6.07) is 5.54. The molecule has 0 bridgehead atoms. The molecule has 0 fully saturated rings. The highest BCUT2D eigenvalue weighted by Crippen LogP contribution is 2.36. The van der Waals surface area contributed by atoms with Gasteiger partial charge in [0.05, 0.1) is 20.8 Å². The number of unbranched alkanes of at least 4 members (excludes halogenated alkanes) is 2. The quantitative estimate of drug-likeness (QED) is 0.631. The highest BCUT2D eigenvalue weighted by atomic mass is 16.6. The topological polar surface area (TPSA) is 62.9 Å². The number of benzene rings is 1. The van der Waals surface area contributed by atoms with Crippen molar-refractivity contribution in [3.8, 4) is 17.2 Å². The van der Waals surface area contributed by atoms with Crippen LogP contribution in [0.3, 0.4) is 0 Å². The lowest BCUT2D eigenvalue weighted by Gasteiger charge is -2.14. The van der Waals surface area contributed by atoms with Crippen molar-refractivity contribution in [3.05, 3.63) is 18.2 Å². The standard InChI is InChI=1S/C15H25NO4/c1-17-13-7-6-8-14(18-2)15(13)20-12-11-19-10-5-3-4-9-16/h6-8H,3-5,9-12,16H2,1-2H3. The molecule has 0 aliphatic rings. The summed E-state index contributed by atoms with van der Waals surface area (Å²) in [5.74, 6) is 1.93. The Bertz CT molecular complexity index is 349. The van der Waals surface area contributed by atoms with Crippen LogP contribution in [0.5, 0.6) is 17.2 Å². The molecule has 0 aliphatic heterocycles. The van der Waals surface area contributed by atoms with E-state index in [0.29, 0.717) is 30.5 Å². The fraction of sp³-hybridized carbons (Fsp3) is 0.600. The number of hydrogen-bond acceptors (Lipinski definition) is 5. The summed E-state index contributed by atoms with van der Waals surface area (Å²) in [6.07, 6.45) is 3.20. The minimum Gasteiger partial charge on any atom is -0.493 e. The molecule has 0 unspecified atom stereocenters. The summed E-state index contributed by atoms with van der Waals surface area (Å²) >= 11 is 0. The third kappa shape index (κ3) is 5.67. The Kier molecular flexibility index (Phi) is 8.58. The van der Waals surface area contributed by atoms with Gasteiger partial charge in [-0.05, 0) is 37.9 Å². The van der Waals surface area contributed by atoms with Gasteiger partial charge in [0, 0.05) is 6.61 Å². The van der Waals surface area contributed by atoms with Crippen LogP contribution in [-0.2, 0) is 4.74 Å². The van der Waals surface area contributed by atoms with Crippen LogP contribution in [0.4, 0.5) is 0 Å². The van der Waals surface area contributed by atoms with E-state index in [1.54, 1.807) is 14.2 Å². The third-order valence-corrected chi connectivity index (χ3v) is 2.85. The van der Waals surface area contributed by atoms with E-state index < -0.39 is 0 Å². The molecule has 1 rings (SSSR count). The maximum Gasteiger partial charge on any atom is 0.203 e. The van der Waals surface area contributed by atoms with E-state index in [4.69, 9.17) is 24.7 Å². The van der Waals surface area contributed by atoms with Gasteiger partial charge in [-0.15, -0.1) is 0 Å². The molecule has 0 saturated carbocycles. The van der Waals surface area contributed by atoms with Crippen LogP contribution in [-0.4, -0.2) is 40.6 Å². The Hall–Kier alpha value is -1.46. The van der Waals surface area contributed by atoms with Crippen molar-refractivity contribution in [1.82, 2.24) is 0 Å². The van der Waals surface area contributed by atoms with E-state index in [9.17, 15) is 0 Å². The normalized spacial score (nSPS) is 10.3. The molecular weight excluding hydrogens is 258 g/mol. The fourth-order valence-corrected chi connectivity index (χ4v) is 1.79. The Morgan fingerprint density at radius 3 is 2.20 bits per heavy atom. The lowest BCUT2D eigenvalue weighted by atomic mass is 10.2. The fourth-order valence-electron chi connectivity index (χ4n) is 1.79. The number of methoxy groups -OCH3 is 2. The smallest absolute Gasteiger partial charge is 0.203 e. The first-order valence-corrected chi connectivity index (χ1v) is 6.95. The van der Waals surface area contributed by atoms with Crippen LogP contribution >= 0.6 is 0 Å². The van der Waals surface area contributed by atoms with E-state index in [0.717, 1.165) is 32.4 Å². The number of ether oxygens (including phenoxy) is 4. The molecule has 5 heteroatoms. The van der Waals surface area contributed by atoms with Gasteiger partial charge in [0.25, 0.3) is 0 Å². The monoisotopic (exact) mass is 283 g/mol. The van der Waals surface area contributed by atoms with E-state index in [2.05, 4.69) is 0 Å². The van der Waals surface area contributed by atoms with Crippen LogP contribution in [0.25, 0.3) is 0 Å². The second kappa shape index (κ2) is 10.3. The molecule has 1 aromatic carbocycles. The summed E-state index contributed by atoms with van der Waals surface area (Å²) in [6.45, 7) is 2.50. The summed E-state index contributed by atoms with van der Waals surface area (Å²) in [7, 11) is 3.21. The molecule has 0 saturated heterocycles. The molecule has 0 radical (unpaired) electrons. The Morgan fingerprint density at radius 1 is 0.900 bits per heavy atom. The van der Waals surface area contributed by atoms with E-state index in [1.807, 2.05) is 18.2 Å². The van der Waals surface area contributed by atoms with Gasteiger partial charge >= 0.3 is 0 Å². The average molecular weight is 283 g/mol. The van der Waals surface area contributed by atoms with Crippen LogP contribution in [0.1, 0.15) is 19.3 Å². The summed E-state index contributed by atoms with van der Waals surface area (Å²) in [5, 5.41) is 0. The van der Waals surface area contributed by atoms with Crippen LogP contribution in [0.2, 0.25) is 0 Å². The third-order valence-electron chi connectivity index (χ3n) is 2.85. The Balaban J connectivity index is 2.27.